The SMILES string of the molecule is COc1cc(Cl)c(C)cc1NC(=O)C(C#N)=Cc1cc(Br)c(O)c(OC)c1. The smallest absolute Gasteiger partial charge is 0.266 e. The van der Waals surface area contributed by atoms with E-state index in [1.165, 1.54) is 26.4 Å². The number of hydrogen-bond acceptors (Lipinski definition) is 5. The monoisotopic (exact) mass is 450 g/mol. The molecule has 2 aromatic rings. The summed E-state index contributed by atoms with van der Waals surface area (Å²) in [6, 6.07) is 8.19. The first-order chi connectivity index (χ1) is 12.8. The third kappa shape index (κ3) is 4.73. The second-order valence-corrected chi connectivity index (χ2v) is 6.74. The maximum absolute atomic E-state index is 12.5. The highest BCUT2D eigenvalue weighted by Crippen LogP contribution is 2.36. The number of aromatic hydroxyl groups is 1. The molecule has 0 heterocycles. The number of hydrogen-bond donors (Lipinski definition) is 2. The lowest BCUT2D eigenvalue weighted by molar-refractivity contribution is -0.112. The highest BCUT2D eigenvalue weighted by Gasteiger charge is 2.15. The lowest BCUT2D eigenvalue weighted by Gasteiger charge is -2.12. The highest BCUT2D eigenvalue weighted by molar-refractivity contribution is 9.10. The van der Waals surface area contributed by atoms with Crippen LogP contribution in [-0.4, -0.2) is 25.2 Å². The summed E-state index contributed by atoms with van der Waals surface area (Å²) in [6.45, 7) is 1.79. The molecule has 0 aromatic heterocycles. The maximum atomic E-state index is 12.5. The van der Waals surface area contributed by atoms with Crippen molar-refractivity contribution in [1.82, 2.24) is 0 Å². The van der Waals surface area contributed by atoms with Crippen molar-refractivity contribution in [2.45, 2.75) is 6.92 Å². The van der Waals surface area contributed by atoms with E-state index < -0.39 is 5.91 Å². The summed E-state index contributed by atoms with van der Waals surface area (Å²) in [7, 11) is 2.86. The van der Waals surface area contributed by atoms with Gasteiger partial charge in [0.25, 0.3) is 5.91 Å². The van der Waals surface area contributed by atoms with Gasteiger partial charge in [-0.25, -0.2) is 0 Å². The molecular formula is C19H16BrClN2O4. The number of methoxy groups -OCH3 is 2. The number of anilines is 1. The predicted octanol–water partition coefficient (Wildman–Crippen LogP) is 4.68. The second-order valence-electron chi connectivity index (χ2n) is 5.48. The first-order valence-electron chi connectivity index (χ1n) is 7.64. The van der Waals surface area contributed by atoms with Gasteiger partial charge in [0.1, 0.15) is 17.4 Å². The molecule has 0 bridgehead atoms. The fraction of sp³-hybridized carbons (Fsp3) is 0.158. The van der Waals surface area contributed by atoms with Gasteiger partial charge in [-0.3, -0.25) is 4.79 Å². The molecule has 6 nitrogen and oxygen atoms in total. The van der Waals surface area contributed by atoms with Gasteiger partial charge in [0.15, 0.2) is 11.5 Å². The van der Waals surface area contributed by atoms with Gasteiger partial charge in [-0.15, -0.1) is 0 Å². The number of aryl methyl sites for hydroxylation is 1. The summed E-state index contributed by atoms with van der Waals surface area (Å²) in [5.74, 6) is -0.0896. The van der Waals surface area contributed by atoms with Crippen LogP contribution in [0.2, 0.25) is 5.02 Å². The van der Waals surface area contributed by atoms with Crippen molar-refractivity contribution in [2.75, 3.05) is 19.5 Å². The van der Waals surface area contributed by atoms with Crippen LogP contribution in [0.3, 0.4) is 0 Å². The Kier molecular flexibility index (Phi) is 6.72. The number of nitrogens with zero attached hydrogens (tertiary/aromatic N) is 1. The molecule has 0 atom stereocenters. The number of phenols is 1. The number of nitrogens with one attached hydrogen (secondary N) is 1. The van der Waals surface area contributed by atoms with E-state index in [2.05, 4.69) is 21.2 Å². The average molecular weight is 452 g/mol. The van der Waals surface area contributed by atoms with E-state index in [0.717, 1.165) is 5.56 Å². The van der Waals surface area contributed by atoms with Gasteiger partial charge in [-0.1, -0.05) is 11.6 Å². The van der Waals surface area contributed by atoms with Gasteiger partial charge in [-0.2, -0.15) is 5.26 Å². The molecule has 2 aromatic carbocycles. The Bertz CT molecular complexity index is 967. The first kappa shape index (κ1) is 20.6. The van der Waals surface area contributed by atoms with Crippen LogP contribution in [0.15, 0.2) is 34.3 Å². The normalized spacial score (nSPS) is 10.9. The third-order valence-electron chi connectivity index (χ3n) is 3.68. The minimum Gasteiger partial charge on any atom is -0.503 e. The second kappa shape index (κ2) is 8.80. The van der Waals surface area contributed by atoms with Crippen molar-refractivity contribution in [2.24, 2.45) is 0 Å². The summed E-state index contributed by atoms with van der Waals surface area (Å²) in [4.78, 5) is 12.5. The van der Waals surface area contributed by atoms with Gasteiger partial charge in [0, 0.05) is 11.1 Å². The van der Waals surface area contributed by atoms with E-state index in [9.17, 15) is 15.2 Å². The van der Waals surface area contributed by atoms with Crippen LogP contribution in [-0.2, 0) is 4.79 Å². The van der Waals surface area contributed by atoms with Crippen molar-refractivity contribution in [3.63, 3.8) is 0 Å². The Morgan fingerprint density at radius 2 is 1.93 bits per heavy atom. The molecule has 0 unspecified atom stereocenters. The van der Waals surface area contributed by atoms with Crippen molar-refractivity contribution >= 4 is 45.2 Å². The summed E-state index contributed by atoms with van der Waals surface area (Å²) < 4.78 is 10.7. The summed E-state index contributed by atoms with van der Waals surface area (Å²) in [5, 5.41) is 22.4. The average Bonchev–Trinajstić information content (AvgIpc) is 2.64. The third-order valence-corrected chi connectivity index (χ3v) is 4.69. The lowest BCUT2D eigenvalue weighted by atomic mass is 10.1. The Labute approximate surface area is 170 Å². The van der Waals surface area contributed by atoms with Crippen LogP contribution < -0.4 is 14.8 Å². The zero-order chi connectivity index (χ0) is 20.1. The molecule has 140 valence electrons. The number of nitriles is 1. The number of rotatable bonds is 5. The number of halogens is 2. The van der Waals surface area contributed by atoms with Crippen LogP contribution in [0.25, 0.3) is 6.08 Å². The van der Waals surface area contributed by atoms with Crippen LogP contribution >= 0.6 is 27.5 Å². The number of ether oxygens (including phenoxy) is 2. The fourth-order valence-electron chi connectivity index (χ4n) is 2.27. The molecule has 0 aliphatic rings. The molecule has 27 heavy (non-hydrogen) atoms. The number of phenolic OH excluding ortho intramolecular Hbond substituents is 1. The van der Waals surface area contributed by atoms with E-state index in [0.29, 0.717) is 26.5 Å². The molecule has 0 aliphatic heterocycles. The van der Waals surface area contributed by atoms with Gasteiger partial charge >= 0.3 is 0 Å². The van der Waals surface area contributed by atoms with Gasteiger partial charge < -0.3 is 19.9 Å². The number of carbonyl (C=O) groups is 1. The van der Waals surface area contributed by atoms with Crippen molar-refractivity contribution in [3.05, 3.63) is 50.5 Å². The van der Waals surface area contributed by atoms with E-state index in [1.807, 2.05) is 6.07 Å². The van der Waals surface area contributed by atoms with Crippen LogP contribution in [0.5, 0.6) is 17.2 Å². The Balaban J connectivity index is 2.37. The molecule has 0 saturated heterocycles. The van der Waals surface area contributed by atoms with Crippen molar-refractivity contribution in [3.8, 4) is 23.3 Å². The number of benzene rings is 2. The predicted molar refractivity (Wildman–Crippen MR) is 107 cm³/mol. The molecule has 2 rings (SSSR count). The Morgan fingerprint density at radius 1 is 1.26 bits per heavy atom. The fourth-order valence-corrected chi connectivity index (χ4v) is 2.88. The molecule has 0 saturated carbocycles. The van der Waals surface area contributed by atoms with E-state index in [4.69, 9.17) is 21.1 Å². The first-order valence-corrected chi connectivity index (χ1v) is 8.81. The maximum Gasteiger partial charge on any atom is 0.266 e. The number of amides is 1. The van der Waals surface area contributed by atoms with E-state index >= 15 is 0 Å². The van der Waals surface area contributed by atoms with Crippen LogP contribution in [0.4, 0.5) is 5.69 Å². The molecular weight excluding hydrogens is 436 g/mol. The van der Waals surface area contributed by atoms with Gasteiger partial charge in [-0.05, 0) is 58.3 Å². The Morgan fingerprint density at radius 3 is 2.52 bits per heavy atom. The Hall–Kier alpha value is -2.69. The zero-order valence-corrected chi connectivity index (χ0v) is 17.1. The quantitative estimate of drug-likeness (QED) is 0.509. The zero-order valence-electron chi connectivity index (χ0n) is 14.8. The number of carbonyl (C=O) groups excluding carboxylic acids is 1. The molecule has 0 fully saturated rings. The summed E-state index contributed by atoms with van der Waals surface area (Å²) in [6.07, 6.45) is 1.39. The largest absolute Gasteiger partial charge is 0.503 e. The molecule has 1 amide bonds. The summed E-state index contributed by atoms with van der Waals surface area (Å²) in [5.41, 5.74) is 1.52. The molecule has 8 heteroatoms. The van der Waals surface area contributed by atoms with Gasteiger partial charge in [0.2, 0.25) is 0 Å². The highest BCUT2D eigenvalue weighted by atomic mass is 79.9. The standard InChI is InChI=1S/C19H16BrClN2O4/c1-10-4-15(16(26-2)8-14(10)21)23-19(25)12(9-22)5-11-6-13(20)18(24)17(7-11)27-3/h4-8,24H,1-3H3,(H,23,25). The van der Waals surface area contributed by atoms with Crippen molar-refractivity contribution in [1.29, 1.82) is 5.26 Å². The van der Waals surface area contributed by atoms with Gasteiger partial charge in [0.05, 0.1) is 24.4 Å². The summed E-state index contributed by atoms with van der Waals surface area (Å²) >= 11 is 9.26. The van der Waals surface area contributed by atoms with E-state index in [1.54, 1.807) is 25.1 Å². The molecule has 0 radical (unpaired) electrons. The lowest BCUT2D eigenvalue weighted by Crippen LogP contribution is -2.14. The molecule has 2 N–H and O–H groups in total. The van der Waals surface area contributed by atoms with E-state index in [-0.39, 0.29) is 17.1 Å². The minimum atomic E-state index is -0.610. The van der Waals surface area contributed by atoms with Crippen LogP contribution in [0, 0.1) is 18.3 Å². The topological polar surface area (TPSA) is 91.6 Å². The molecule has 0 aliphatic carbocycles. The van der Waals surface area contributed by atoms with Crippen molar-refractivity contribution < 1.29 is 19.4 Å². The minimum absolute atomic E-state index is 0.0704. The van der Waals surface area contributed by atoms with Crippen LogP contribution in [0.1, 0.15) is 11.1 Å². The molecule has 0 spiro atoms.